The van der Waals surface area contributed by atoms with E-state index in [0.717, 1.165) is 11.1 Å². The van der Waals surface area contributed by atoms with E-state index in [0.29, 0.717) is 0 Å². The van der Waals surface area contributed by atoms with Crippen molar-refractivity contribution in [1.82, 2.24) is 0 Å². The molecule has 12 heavy (non-hydrogen) atoms. The lowest BCUT2D eigenvalue weighted by molar-refractivity contribution is 0.268. The number of aliphatic hydroxyl groups is 1. The zero-order valence-corrected chi connectivity index (χ0v) is 6.90. The maximum Gasteiger partial charge on any atom is 0.0624 e. The number of rotatable bonds is 3. The highest BCUT2D eigenvalue weighted by molar-refractivity contribution is 5.52. The van der Waals surface area contributed by atoms with Crippen LogP contribution >= 0.6 is 0 Å². The van der Waals surface area contributed by atoms with Crippen molar-refractivity contribution < 1.29 is 5.11 Å². The second-order valence-electron chi connectivity index (χ2n) is 2.62. The van der Waals surface area contributed by atoms with Gasteiger partial charge in [0.1, 0.15) is 0 Å². The fourth-order valence-electron chi connectivity index (χ4n) is 1.13. The fraction of sp³-hybridized carbons (Fsp3) is 0.200. The highest BCUT2D eigenvalue weighted by atomic mass is 16.3. The zero-order chi connectivity index (χ0) is 8.97. The van der Waals surface area contributed by atoms with Crippen LogP contribution in [-0.2, 0) is 0 Å². The lowest BCUT2D eigenvalue weighted by atomic mass is 10.0. The molecular weight excluding hydrogens is 150 g/mol. The summed E-state index contributed by atoms with van der Waals surface area (Å²) in [5.74, 6) is 0. The number of nitrogens with two attached hydrogens (primary N) is 1. The second-order valence-corrected chi connectivity index (χ2v) is 2.62. The van der Waals surface area contributed by atoms with Crippen LogP contribution in [0.15, 0.2) is 30.8 Å². The largest absolute Gasteiger partial charge is 0.394 e. The molecule has 1 aromatic carbocycles. The number of aliphatic hydroxyl groups excluding tert-OH is 1. The van der Waals surface area contributed by atoms with E-state index in [-0.39, 0.29) is 12.6 Å². The third kappa shape index (κ3) is 1.72. The third-order valence-electron chi connectivity index (χ3n) is 1.81. The summed E-state index contributed by atoms with van der Waals surface area (Å²) in [6, 6.07) is 7.34. The van der Waals surface area contributed by atoms with E-state index in [2.05, 4.69) is 6.58 Å². The zero-order valence-electron chi connectivity index (χ0n) is 6.90. The van der Waals surface area contributed by atoms with Crippen molar-refractivity contribution >= 4 is 6.08 Å². The van der Waals surface area contributed by atoms with Gasteiger partial charge in [0.05, 0.1) is 12.6 Å². The molecule has 0 aliphatic heterocycles. The molecule has 0 fully saturated rings. The molecular formula is C10H13NO. The van der Waals surface area contributed by atoms with Gasteiger partial charge in [-0.25, -0.2) is 0 Å². The molecule has 0 heterocycles. The lowest BCUT2D eigenvalue weighted by Gasteiger charge is -2.11. The summed E-state index contributed by atoms with van der Waals surface area (Å²) in [4.78, 5) is 0. The van der Waals surface area contributed by atoms with Gasteiger partial charge in [0.25, 0.3) is 0 Å². The quantitative estimate of drug-likeness (QED) is 0.706. The summed E-state index contributed by atoms with van der Waals surface area (Å²) in [5.41, 5.74) is 7.60. The predicted molar refractivity (Wildman–Crippen MR) is 50.5 cm³/mol. The summed E-state index contributed by atoms with van der Waals surface area (Å²) in [5, 5.41) is 8.85. The van der Waals surface area contributed by atoms with E-state index in [1.807, 2.05) is 24.3 Å². The smallest absolute Gasteiger partial charge is 0.0624 e. The molecule has 0 spiro atoms. The first-order chi connectivity index (χ1) is 5.79. The molecule has 3 N–H and O–H groups in total. The first kappa shape index (κ1) is 8.97. The highest BCUT2D eigenvalue weighted by Gasteiger charge is 2.06. The van der Waals surface area contributed by atoms with Gasteiger partial charge in [-0.05, 0) is 11.1 Å². The molecule has 2 heteroatoms. The Morgan fingerprint density at radius 2 is 2.17 bits per heavy atom. The first-order valence-electron chi connectivity index (χ1n) is 3.87. The van der Waals surface area contributed by atoms with E-state index in [4.69, 9.17) is 10.8 Å². The topological polar surface area (TPSA) is 46.2 Å². The summed E-state index contributed by atoms with van der Waals surface area (Å²) in [6.45, 7) is 3.63. The Kier molecular flexibility index (Phi) is 3.02. The standard InChI is InChI=1S/C10H13NO/c1-2-8-5-3-4-6-9(8)10(11)7-12/h2-6,10,12H,1,7,11H2/t10-/m1/s1. The Labute approximate surface area is 72.3 Å². The van der Waals surface area contributed by atoms with E-state index in [1.165, 1.54) is 0 Å². The van der Waals surface area contributed by atoms with E-state index < -0.39 is 0 Å². The van der Waals surface area contributed by atoms with Gasteiger partial charge in [-0.2, -0.15) is 0 Å². The van der Waals surface area contributed by atoms with Gasteiger partial charge in [0, 0.05) is 0 Å². The minimum Gasteiger partial charge on any atom is -0.394 e. The van der Waals surface area contributed by atoms with Crippen LogP contribution in [0.4, 0.5) is 0 Å². The molecule has 1 atom stereocenters. The Morgan fingerprint density at radius 3 is 2.75 bits per heavy atom. The molecule has 0 bridgehead atoms. The maximum atomic E-state index is 8.85. The van der Waals surface area contributed by atoms with Gasteiger partial charge in [-0.15, -0.1) is 0 Å². The maximum absolute atomic E-state index is 8.85. The molecule has 2 nitrogen and oxygen atoms in total. The first-order valence-corrected chi connectivity index (χ1v) is 3.87. The molecule has 0 amide bonds. The lowest BCUT2D eigenvalue weighted by Crippen LogP contribution is -2.15. The molecule has 1 aromatic rings. The molecule has 0 aliphatic rings. The van der Waals surface area contributed by atoms with Crippen LogP contribution in [0, 0.1) is 0 Å². The van der Waals surface area contributed by atoms with Crippen molar-refractivity contribution in [2.24, 2.45) is 5.73 Å². The van der Waals surface area contributed by atoms with Gasteiger partial charge < -0.3 is 10.8 Å². The molecule has 0 saturated heterocycles. The average molecular weight is 163 g/mol. The summed E-state index contributed by atoms with van der Waals surface area (Å²) < 4.78 is 0. The van der Waals surface area contributed by atoms with Gasteiger partial charge >= 0.3 is 0 Å². The summed E-state index contributed by atoms with van der Waals surface area (Å²) in [6.07, 6.45) is 1.74. The predicted octanol–water partition coefficient (Wildman–Crippen LogP) is 1.32. The Bertz CT molecular complexity index is 270. The normalized spacial score (nSPS) is 12.5. The Hall–Kier alpha value is -1.12. The van der Waals surface area contributed by atoms with E-state index in [9.17, 15) is 0 Å². The van der Waals surface area contributed by atoms with Crippen molar-refractivity contribution in [3.8, 4) is 0 Å². The summed E-state index contributed by atoms with van der Waals surface area (Å²) in [7, 11) is 0. The fourth-order valence-corrected chi connectivity index (χ4v) is 1.13. The van der Waals surface area contributed by atoms with Crippen molar-refractivity contribution in [2.75, 3.05) is 6.61 Å². The van der Waals surface area contributed by atoms with Crippen LogP contribution in [0.2, 0.25) is 0 Å². The van der Waals surface area contributed by atoms with Gasteiger partial charge in [-0.3, -0.25) is 0 Å². The monoisotopic (exact) mass is 163 g/mol. The molecule has 0 aromatic heterocycles. The molecule has 0 aliphatic carbocycles. The SMILES string of the molecule is C=Cc1ccccc1[C@H](N)CO. The minimum absolute atomic E-state index is 0.0369. The molecule has 1 rings (SSSR count). The van der Waals surface area contributed by atoms with Crippen molar-refractivity contribution in [3.05, 3.63) is 42.0 Å². The van der Waals surface area contributed by atoms with E-state index in [1.54, 1.807) is 6.08 Å². The molecule has 64 valence electrons. The van der Waals surface area contributed by atoms with Crippen LogP contribution in [0.3, 0.4) is 0 Å². The van der Waals surface area contributed by atoms with Crippen molar-refractivity contribution in [1.29, 1.82) is 0 Å². The molecule has 0 unspecified atom stereocenters. The number of benzene rings is 1. The van der Waals surface area contributed by atoms with Crippen LogP contribution in [0.25, 0.3) is 6.08 Å². The summed E-state index contributed by atoms with van der Waals surface area (Å²) >= 11 is 0. The minimum atomic E-state index is -0.306. The van der Waals surface area contributed by atoms with Crippen LogP contribution < -0.4 is 5.73 Å². The van der Waals surface area contributed by atoms with Gasteiger partial charge in [0.15, 0.2) is 0 Å². The van der Waals surface area contributed by atoms with Gasteiger partial charge in [-0.1, -0.05) is 36.9 Å². The number of hydrogen-bond donors (Lipinski definition) is 2. The number of hydrogen-bond acceptors (Lipinski definition) is 2. The molecule has 0 radical (unpaired) electrons. The highest BCUT2D eigenvalue weighted by Crippen LogP contribution is 2.16. The Balaban J connectivity index is 3.04. The van der Waals surface area contributed by atoms with Gasteiger partial charge in [0.2, 0.25) is 0 Å². The van der Waals surface area contributed by atoms with Crippen molar-refractivity contribution in [2.45, 2.75) is 6.04 Å². The van der Waals surface area contributed by atoms with Crippen LogP contribution in [0.1, 0.15) is 17.2 Å². The van der Waals surface area contributed by atoms with Crippen LogP contribution in [-0.4, -0.2) is 11.7 Å². The van der Waals surface area contributed by atoms with Crippen molar-refractivity contribution in [3.63, 3.8) is 0 Å². The Morgan fingerprint density at radius 1 is 1.50 bits per heavy atom. The molecule has 0 saturated carbocycles. The van der Waals surface area contributed by atoms with E-state index >= 15 is 0 Å². The third-order valence-corrected chi connectivity index (χ3v) is 1.81. The van der Waals surface area contributed by atoms with Crippen LogP contribution in [0.5, 0.6) is 0 Å². The second kappa shape index (κ2) is 4.04. The average Bonchev–Trinajstić information content (AvgIpc) is 2.16.